The van der Waals surface area contributed by atoms with Gasteiger partial charge in [-0.2, -0.15) is 8.42 Å². The number of nitrogens with zero attached hydrogens (tertiary/aromatic N) is 2. The lowest BCUT2D eigenvalue weighted by Crippen LogP contribution is -2.41. The zero-order valence-electron chi connectivity index (χ0n) is 6.97. The second-order valence-electron chi connectivity index (χ2n) is 2.45. The number of hydrazine groups is 1. The van der Waals surface area contributed by atoms with Crippen molar-refractivity contribution in [1.29, 1.82) is 0 Å². The highest BCUT2D eigenvalue weighted by molar-refractivity contribution is 7.86. The van der Waals surface area contributed by atoms with Crippen molar-refractivity contribution in [2.24, 2.45) is 11.0 Å². The molecular weight excluding hydrogens is 212 g/mol. The summed E-state index contributed by atoms with van der Waals surface area (Å²) in [4.78, 5) is 4.04. The molecule has 13 heavy (non-hydrogen) atoms. The van der Waals surface area contributed by atoms with E-state index in [9.17, 15) is 8.42 Å². The zero-order chi connectivity index (χ0) is 10.1. The number of hydrogen-bond donors (Lipinski definition) is 2. The lowest BCUT2D eigenvalue weighted by molar-refractivity contribution is 0.419. The average molecular weight is 222 g/mol. The lowest BCUT2D eigenvalue weighted by Gasteiger charge is -2.10. The molecule has 0 radical (unpaired) electrons. The molecule has 0 fully saturated rings. The van der Waals surface area contributed by atoms with Gasteiger partial charge in [0.05, 0.1) is 17.2 Å². The van der Waals surface area contributed by atoms with Gasteiger partial charge in [-0.1, -0.05) is 0 Å². The predicted molar refractivity (Wildman–Crippen MR) is 49.7 cm³/mol. The normalized spacial score (nSPS) is 12.3. The molecule has 6 nitrogen and oxygen atoms in total. The first kappa shape index (κ1) is 10.5. The van der Waals surface area contributed by atoms with E-state index < -0.39 is 10.2 Å². The SMILES string of the molecule is Cc1nc(CN(N)S(N)(=O)=O)cs1. The van der Waals surface area contributed by atoms with Crippen molar-refractivity contribution in [1.82, 2.24) is 9.40 Å². The van der Waals surface area contributed by atoms with Crippen LogP contribution in [0.5, 0.6) is 0 Å². The Kier molecular flexibility index (Phi) is 2.98. The van der Waals surface area contributed by atoms with E-state index in [0.29, 0.717) is 10.1 Å². The Hall–Kier alpha value is -0.540. The third-order valence-electron chi connectivity index (χ3n) is 1.31. The Balaban J connectivity index is 2.71. The van der Waals surface area contributed by atoms with Crippen LogP contribution in [-0.2, 0) is 16.8 Å². The van der Waals surface area contributed by atoms with E-state index in [2.05, 4.69) is 4.98 Å². The molecule has 0 amide bonds. The molecule has 1 aromatic rings. The van der Waals surface area contributed by atoms with Crippen LogP contribution in [0.15, 0.2) is 5.38 Å². The van der Waals surface area contributed by atoms with Gasteiger partial charge < -0.3 is 0 Å². The maximum absolute atomic E-state index is 10.7. The van der Waals surface area contributed by atoms with E-state index in [1.165, 1.54) is 11.3 Å². The summed E-state index contributed by atoms with van der Waals surface area (Å²) >= 11 is 1.43. The number of rotatable bonds is 3. The van der Waals surface area contributed by atoms with E-state index in [-0.39, 0.29) is 6.54 Å². The molecule has 0 aliphatic rings. The molecule has 0 aliphatic heterocycles. The summed E-state index contributed by atoms with van der Waals surface area (Å²) in [6, 6.07) is 0. The second-order valence-corrected chi connectivity index (χ2v) is 5.01. The Morgan fingerprint density at radius 2 is 2.31 bits per heavy atom. The maximum Gasteiger partial charge on any atom is 0.289 e. The highest BCUT2D eigenvalue weighted by Gasteiger charge is 2.13. The second kappa shape index (κ2) is 3.68. The summed E-state index contributed by atoms with van der Waals surface area (Å²) in [7, 11) is -3.82. The Morgan fingerprint density at radius 3 is 2.69 bits per heavy atom. The van der Waals surface area contributed by atoms with Crippen LogP contribution in [-0.4, -0.2) is 17.8 Å². The first-order chi connectivity index (χ1) is 5.89. The summed E-state index contributed by atoms with van der Waals surface area (Å²) in [5, 5.41) is 7.38. The number of hydrogen-bond acceptors (Lipinski definition) is 5. The molecule has 0 aromatic carbocycles. The van der Waals surface area contributed by atoms with Gasteiger partial charge in [0.15, 0.2) is 0 Å². The monoisotopic (exact) mass is 222 g/mol. The molecule has 1 rings (SSSR count). The Morgan fingerprint density at radius 1 is 1.69 bits per heavy atom. The average Bonchev–Trinajstić information content (AvgIpc) is 2.33. The van der Waals surface area contributed by atoms with Crippen LogP contribution in [0, 0.1) is 6.92 Å². The molecule has 0 spiro atoms. The van der Waals surface area contributed by atoms with Gasteiger partial charge >= 0.3 is 0 Å². The van der Waals surface area contributed by atoms with E-state index in [0.717, 1.165) is 5.01 Å². The van der Waals surface area contributed by atoms with Gasteiger partial charge in [0.1, 0.15) is 0 Å². The third kappa shape index (κ3) is 3.01. The number of thiazole rings is 1. The minimum absolute atomic E-state index is 0.00315. The van der Waals surface area contributed by atoms with Crippen LogP contribution in [0.4, 0.5) is 0 Å². The van der Waals surface area contributed by atoms with Crippen molar-refractivity contribution >= 4 is 21.5 Å². The van der Waals surface area contributed by atoms with Gasteiger partial charge in [0, 0.05) is 5.38 Å². The van der Waals surface area contributed by atoms with Crippen LogP contribution in [0.1, 0.15) is 10.7 Å². The summed E-state index contributed by atoms with van der Waals surface area (Å²) in [5.74, 6) is 5.18. The molecule has 74 valence electrons. The smallest absolute Gasteiger partial charge is 0.254 e. The van der Waals surface area contributed by atoms with Crippen molar-refractivity contribution in [2.45, 2.75) is 13.5 Å². The predicted octanol–water partition coefficient (Wildman–Crippen LogP) is -0.669. The van der Waals surface area contributed by atoms with Crippen LogP contribution in [0.25, 0.3) is 0 Å². The van der Waals surface area contributed by atoms with Crippen molar-refractivity contribution in [3.63, 3.8) is 0 Å². The van der Waals surface area contributed by atoms with Crippen molar-refractivity contribution < 1.29 is 8.42 Å². The maximum atomic E-state index is 10.7. The van der Waals surface area contributed by atoms with E-state index in [1.54, 1.807) is 5.38 Å². The van der Waals surface area contributed by atoms with Crippen LogP contribution >= 0.6 is 11.3 Å². The Labute approximate surface area is 80.3 Å². The minimum atomic E-state index is -3.82. The zero-order valence-corrected chi connectivity index (χ0v) is 8.60. The fourth-order valence-corrected chi connectivity index (χ4v) is 1.65. The molecule has 8 heteroatoms. The molecule has 0 aliphatic carbocycles. The first-order valence-electron chi connectivity index (χ1n) is 3.36. The summed E-state index contributed by atoms with van der Waals surface area (Å²) in [6.07, 6.45) is 0. The van der Waals surface area contributed by atoms with Crippen molar-refractivity contribution in [2.75, 3.05) is 0 Å². The molecule has 1 heterocycles. The fraction of sp³-hybridized carbons (Fsp3) is 0.400. The van der Waals surface area contributed by atoms with Gasteiger partial charge in [0.2, 0.25) is 0 Å². The number of aromatic nitrogens is 1. The molecule has 0 saturated heterocycles. The molecule has 1 aromatic heterocycles. The minimum Gasteiger partial charge on any atom is -0.254 e. The largest absolute Gasteiger partial charge is 0.289 e. The van der Waals surface area contributed by atoms with E-state index in [4.69, 9.17) is 11.0 Å². The standard InChI is InChI=1S/C5H10N4O2S2/c1-4-8-5(3-12-4)2-9(6)13(7,10)11/h3H,2,6H2,1H3,(H2,7,10,11). The molecule has 0 saturated carbocycles. The molecule has 4 N–H and O–H groups in total. The first-order valence-corrected chi connectivity index (χ1v) is 5.74. The number of aryl methyl sites for hydroxylation is 1. The Bertz CT molecular complexity index is 385. The summed E-state index contributed by atoms with van der Waals surface area (Å²) in [5.41, 5.74) is 0.596. The van der Waals surface area contributed by atoms with Crippen molar-refractivity contribution in [3.8, 4) is 0 Å². The van der Waals surface area contributed by atoms with Gasteiger partial charge in [-0.15, -0.1) is 15.8 Å². The van der Waals surface area contributed by atoms with Crippen LogP contribution in [0.3, 0.4) is 0 Å². The van der Waals surface area contributed by atoms with E-state index in [1.807, 2.05) is 6.92 Å². The van der Waals surface area contributed by atoms with Crippen molar-refractivity contribution in [3.05, 3.63) is 16.1 Å². The fourth-order valence-electron chi connectivity index (χ4n) is 0.730. The molecule has 0 bridgehead atoms. The highest BCUT2D eigenvalue weighted by atomic mass is 32.2. The van der Waals surface area contributed by atoms with Gasteiger partial charge in [-0.05, 0) is 6.92 Å². The van der Waals surface area contributed by atoms with E-state index >= 15 is 0 Å². The summed E-state index contributed by atoms with van der Waals surface area (Å²) in [6.45, 7) is 1.83. The molecular formula is C5H10N4O2S2. The van der Waals surface area contributed by atoms with Gasteiger partial charge in [-0.25, -0.2) is 10.1 Å². The molecule has 0 atom stereocenters. The quantitative estimate of drug-likeness (QED) is 0.523. The lowest BCUT2D eigenvalue weighted by atomic mass is 10.5. The van der Waals surface area contributed by atoms with Crippen LogP contribution in [0.2, 0.25) is 0 Å². The topological polar surface area (TPSA) is 102 Å². The van der Waals surface area contributed by atoms with Crippen LogP contribution < -0.4 is 11.0 Å². The number of nitrogens with two attached hydrogens (primary N) is 2. The highest BCUT2D eigenvalue weighted by Crippen LogP contribution is 2.09. The third-order valence-corrected chi connectivity index (χ3v) is 2.92. The van der Waals surface area contributed by atoms with Gasteiger partial charge in [-0.3, -0.25) is 5.84 Å². The molecule has 0 unspecified atom stereocenters. The van der Waals surface area contributed by atoms with Gasteiger partial charge in [0.25, 0.3) is 10.2 Å². The summed E-state index contributed by atoms with van der Waals surface area (Å²) < 4.78 is 22.0.